The quantitative estimate of drug-likeness (QED) is 0.825. The number of ketones is 1. The molecular weight excluding hydrogens is 226 g/mol. The number of carbonyl (C=O) groups is 1. The molecule has 1 aliphatic heterocycles. The molecule has 4 nitrogen and oxygen atoms in total. The minimum atomic E-state index is 0.209. The number of fused-ring (bicyclic) bond motifs is 1. The molecule has 2 heterocycles. The predicted molar refractivity (Wildman–Crippen MR) is 69.8 cm³/mol. The van der Waals surface area contributed by atoms with E-state index in [-0.39, 0.29) is 11.5 Å². The van der Waals surface area contributed by atoms with Gasteiger partial charge in [-0.2, -0.15) is 5.10 Å². The predicted octanol–water partition coefficient (Wildman–Crippen LogP) is 1.96. The molecule has 1 aromatic heterocycles. The number of hydrogen-bond acceptors (Lipinski definition) is 3. The molecule has 1 aromatic rings. The lowest BCUT2D eigenvalue weighted by Gasteiger charge is -2.40. The first-order valence-corrected chi connectivity index (χ1v) is 6.92. The van der Waals surface area contributed by atoms with Crippen molar-refractivity contribution in [1.29, 1.82) is 0 Å². The second kappa shape index (κ2) is 4.19. The van der Waals surface area contributed by atoms with Gasteiger partial charge in [0.25, 0.3) is 0 Å². The van der Waals surface area contributed by atoms with E-state index in [1.165, 1.54) is 5.56 Å². The maximum absolute atomic E-state index is 12.5. The standard InChI is InChI=1S/C14H21N3O/c1-10(2)17-13-11(9-16-17)7-14(8-12(13)18)3-5-15-6-4-14/h9-10,15H,3-8H2,1-2H3. The Morgan fingerprint density at radius 3 is 2.72 bits per heavy atom. The molecule has 0 saturated carbocycles. The minimum Gasteiger partial charge on any atom is -0.317 e. The number of nitrogens with one attached hydrogen (secondary N) is 1. The van der Waals surface area contributed by atoms with Gasteiger partial charge in [-0.05, 0) is 51.6 Å². The van der Waals surface area contributed by atoms with Gasteiger partial charge in [-0.15, -0.1) is 0 Å². The van der Waals surface area contributed by atoms with Crippen molar-refractivity contribution < 1.29 is 4.79 Å². The summed E-state index contributed by atoms with van der Waals surface area (Å²) >= 11 is 0. The van der Waals surface area contributed by atoms with E-state index >= 15 is 0 Å². The molecule has 1 N–H and O–H groups in total. The lowest BCUT2D eigenvalue weighted by atomic mass is 9.67. The third kappa shape index (κ3) is 1.79. The third-order valence-electron chi connectivity index (χ3n) is 4.39. The Kier molecular flexibility index (Phi) is 2.77. The molecular formula is C14H21N3O. The first kappa shape index (κ1) is 11.9. The largest absolute Gasteiger partial charge is 0.317 e. The summed E-state index contributed by atoms with van der Waals surface area (Å²) in [5, 5.41) is 7.79. The molecule has 1 spiro atoms. The molecule has 0 radical (unpaired) electrons. The number of carbonyl (C=O) groups excluding carboxylic acids is 1. The molecule has 2 aliphatic rings. The second-order valence-electron chi connectivity index (χ2n) is 6.08. The van der Waals surface area contributed by atoms with E-state index in [1.807, 2.05) is 10.9 Å². The van der Waals surface area contributed by atoms with Gasteiger partial charge in [0, 0.05) is 18.0 Å². The van der Waals surface area contributed by atoms with E-state index < -0.39 is 0 Å². The van der Waals surface area contributed by atoms with Crippen LogP contribution in [0, 0.1) is 5.41 Å². The summed E-state index contributed by atoms with van der Waals surface area (Å²) in [7, 11) is 0. The van der Waals surface area contributed by atoms with Crippen LogP contribution in [0.4, 0.5) is 0 Å². The van der Waals surface area contributed by atoms with Crippen LogP contribution in [0.3, 0.4) is 0 Å². The molecule has 18 heavy (non-hydrogen) atoms. The Hall–Kier alpha value is -1.16. The van der Waals surface area contributed by atoms with Gasteiger partial charge in [0.1, 0.15) is 5.69 Å². The minimum absolute atomic E-state index is 0.209. The number of Topliss-reactive ketones (excluding diaryl/α,β-unsaturated/α-hetero) is 1. The Morgan fingerprint density at radius 1 is 1.33 bits per heavy atom. The Bertz CT molecular complexity index is 469. The van der Waals surface area contributed by atoms with Crippen LogP contribution in [0.15, 0.2) is 6.20 Å². The van der Waals surface area contributed by atoms with Crippen molar-refractivity contribution in [1.82, 2.24) is 15.1 Å². The normalized spacial score (nSPS) is 22.5. The smallest absolute Gasteiger partial charge is 0.181 e. The van der Waals surface area contributed by atoms with Crippen LogP contribution in [-0.2, 0) is 6.42 Å². The molecule has 0 bridgehead atoms. The zero-order chi connectivity index (χ0) is 12.8. The number of nitrogens with zero attached hydrogens (tertiary/aromatic N) is 2. The van der Waals surface area contributed by atoms with E-state index in [0.717, 1.165) is 38.0 Å². The van der Waals surface area contributed by atoms with Gasteiger partial charge in [-0.25, -0.2) is 0 Å². The van der Waals surface area contributed by atoms with E-state index in [2.05, 4.69) is 24.3 Å². The highest BCUT2D eigenvalue weighted by atomic mass is 16.1. The fourth-order valence-electron chi connectivity index (χ4n) is 3.43. The van der Waals surface area contributed by atoms with Gasteiger partial charge >= 0.3 is 0 Å². The molecule has 4 heteroatoms. The first-order chi connectivity index (χ1) is 8.61. The van der Waals surface area contributed by atoms with Gasteiger partial charge in [0.15, 0.2) is 5.78 Å². The average Bonchev–Trinajstić information content (AvgIpc) is 2.73. The monoisotopic (exact) mass is 247 g/mol. The van der Waals surface area contributed by atoms with Crippen molar-refractivity contribution in [2.75, 3.05) is 13.1 Å². The lowest BCUT2D eigenvalue weighted by Crippen LogP contribution is -2.42. The summed E-state index contributed by atoms with van der Waals surface area (Å²) in [6.45, 7) is 6.24. The second-order valence-corrected chi connectivity index (χ2v) is 6.08. The molecule has 1 saturated heterocycles. The highest BCUT2D eigenvalue weighted by molar-refractivity contribution is 5.97. The van der Waals surface area contributed by atoms with Gasteiger partial charge in [0.05, 0.1) is 6.20 Å². The van der Waals surface area contributed by atoms with E-state index in [4.69, 9.17) is 0 Å². The molecule has 1 fully saturated rings. The van der Waals surface area contributed by atoms with Crippen LogP contribution in [0.2, 0.25) is 0 Å². The maximum Gasteiger partial charge on any atom is 0.181 e. The van der Waals surface area contributed by atoms with Crippen LogP contribution < -0.4 is 5.32 Å². The van der Waals surface area contributed by atoms with Gasteiger partial charge in [0.2, 0.25) is 0 Å². The topological polar surface area (TPSA) is 46.9 Å². The Morgan fingerprint density at radius 2 is 2.06 bits per heavy atom. The summed E-state index contributed by atoms with van der Waals surface area (Å²) in [5.41, 5.74) is 2.25. The number of aromatic nitrogens is 2. The zero-order valence-electron chi connectivity index (χ0n) is 11.2. The van der Waals surface area contributed by atoms with Crippen LogP contribution in [0.5, 0.6) is 0 Å². The van der Waals surface area contributed by atoms with Gasteiger partial charge < -0.3 is 5.32 Å². The summed E-state index contributed by atoms with van der Waals surface area (Å²) in [4.78, 5) is 12.5. The number of piperidine rings is 1. The third-order valence-corrected chi connectivity index (χ3v) is 4.39. The van der Waals surface area contributed by atoms with Crippen LogP contribution in [0.25, 0.3) is 0 Å². The molecule has 3 rings (SSSR count). The van der Waals surface area contributed by atoms with Crippen LogP contribution >= 0.6 is 0 Å². The van der Waals surface area contributed by atoms with Crippen molar-refractivity contribution in [3.63, 3.8) is 0 Å². The summed E-state index contributed by atoms with van der Waals surface area (Å²) in [6.07, 6.45) is 5.88. The lowest BCUT2D eigenvalue weighted by molar-refractivity contribution is 0.0822. The number of rotatable bonds is 1. The summed E-state index contributed by atoms with van der Waals surface area (Å²) in [5.74, 6) is 0.296. The van der Waals surface area contributed by atoms with Crippen molar-refractivity contribution in [2.24, 2.45) is 5.41 Å². The maximum atomic E-state index is 12.5. The van der Waals surface area contributed by atoms with E-state index in [1.54, 1.807) is 0 Å². The highest BCUT2D eigenvalue weighted by Gasteiger charge is 2.41. The number of hydrogen-bond donors (Lipinski definition) is 1. The van der Waals surface area contributed by atoms with Gasteiger partial charge in [-0.3, -0.25) is 9.48 Å². The summed E-state index contributed by atoms with van der Waals surface area (Å²) in [6, 6.07) is 0.264. The molecule has 0 atom stereocenters. The fourth-order valence-corrected chi connectivity index (χ4v) is 3.43. The van der Waals surface area contributed by atoms with Crippen LogP contribution in [-0.4, -0.2) is 28.7 Å². The fraction of sp³-hybridized carbons (Fsp3) is 0.714. The zero-order valence-corrected chi connectivity index (χ0v) is 11.2. The molecule has 1 aliphatic carbocycles. The van der Waals surface area contributed by atoms with Crippen molar-refractivity contribution in [3.8, 4) is 0 Å². The Labute approximate surface area is 108 Å². The van der Waals surface area contributed by atoms with Crippen molar-refractivity contribution in [3.05, 3.63) is 17.5 Å². The van der Waals surface area contributed by atoms with Gasteiger partial charge in [-0.1, -0.05) is 0 Å². The first-order valence-electron chi connectivity index (χ1n) is 6.92. The molecule has 0 aromatic carbocycles. The van der Waals surface area contributed by atoms with E-state index in [9.17, 15) is 4.79 Å². The van der Waals surface area contributed by atoms with Crippen molar-refractivity contribution >= 4 is 5.78 Å². The Balaban J connectivity index is 1.96. The molecule has 0 unspecified atom stereocenters. The highest BCUT2D eigenvalue weighted by Crippen LogP contribution is 2.42. The van der Waals surface area contributed by atoms with Crippen molar-refractivity contribution in [2.45, 2.75) is 45.6 Å². The summed E-state index contributed by atoms with van der Waals surface area (Å²) < 4.78 is 1.89. The van der Waals surface area contributed by atoms with Crippen LogP contribution in [0.1, 0.15) is 55.2 Å². The molecule has 98 valence electrons. The SMILES string of the molecule is CC(C)n1ncc2c1C(=O)CC1(CCNCC1)C2. The average molecular weight is 247 g/mol. The molecule has 0 amide bonds. The van der Waals surface area contributed by atoms with E-state index in [0.29, 0.717) is 12.2 Å².